The SMILES string of the molecule is CCC(=O)OC(C)C(c1ccc(F)cc1OC)C1CCCC1. The molecule has 4 heteroatoms. The molecule has 1 aromatic carbocycles. The summed E-state index contributed by atoms with van der Waals surface area (Å²) in [7, 11) is 1.55. The van der Waals surface area contributed by atoms with E-state index in [-0.39, 0.29) is 23.8 Å². The number of benzene rings is 1. The molecule has 0 heterocycles. The van der Waals surface area contributed by atoms with Gasteiger partial charge in [-0.25, -0.2) is 4.39 Å². The molecule has 0 aliphatic heterocycles. The van der Waals surface area contributed by atoms with Crippen LogP contribution in [0.15, 0.2) is 18.2 Å². The van der Waals surface area contributed by atoms with Crippen molar-refractivity contribution in [1.82, 2.24) is 0 Å². The van der Waals surface area contributed by atoms with Gasteiger partial charge in [0.1, 0.15) is 17.7 Å². The number of carbonyl (C=O) groups is 1. The van der Waals surface area contributed by atoms with Crippen molar-refractivity contribution in [2.24, 2.45) is 5.92 Å². The maximum Gasteiger partial charge on any atom is 0.305 e. The number of hydrogen-bond acceptors (Lipinski definition) is 3. The van der Waals surface area contributed by atoms with Gasteiger partial charge in [0.15, 0.2) is 0 Å². The molecule has 0 amide bonds. The van der Waals surface area contributed by atoms with Crippen LogP contribution in [0.3, 0.4) is 0 Å². The van der Waals surface area contributed by atoms with Crippen molar-refractivity contribution in [3.63, 3.8) is 0 Å². The van der Waals surface area contributed by atoms with Crippen LogP contribution >= 0.6 is 0 Å². The van der Waals surface area contributed by atoms with Crippen molar-refractivity contribution in [2.45, 2.75) is 58.0 Å². The Hall–Kier alpha value is -1.58. The number of carbonyl (C=O) groups excluding carboxylic acids is 1. The van der Waals surface area contributed by atoms with Crippen LogP contribution in [0.2, 0.25) is 0 Å². The van der Waals surface area contributed by atoms with Crippen LogP contribution < -0.4 is 4.74 Å². The van der Waals surface area contributed by atoms with Crippen LogP contribution in [0.5, 0.6) is 5.75 Å². The second kappa shape index (κ2) is 7.61. The Morgan fingerprint density at radius 2 is 2.05 bits per heavy atom. The predicted molar refractivity (Wildman–Crippen MR) is 83.5 cm³/mol. The molecule has 22 heavy (non-hydrogen) atoms. The molecule has 2 unspecified atom stereocenters. The number of ether oxygens (including phenoxy) is 2. The van der Waals surface area contributed by atoms with Gasteiger partial charge in [0.05, 0.1) is 7.11 Å². The molecule has 1 fully saturated rings. The molecule has 122 valence electrons. The molecule has 1 saturated carbocycles. The van der Waals surface area contributed by atoms with Gasteiger partial charge in [0, 0.05) is 24.0 Å². The number of hydrogen-bond donors (Lipinski definition) is 0. The van der Waals surface area contributed by atoms with E-state index in [9.17, 15) is 9.18 Å². The van der Waals surface area contributed by atoms with Crippen LogP contribution in [0.4, 0.5) is 4.39 Å². The molecule has 2 atom stereocenters. The van der Waals surface area contributed by atoms with Crippen molar-refractivity contribution in [3.8, 4) is 5.75 Å². The van der Waals surface area contributed by atoms with E-state index >= 15 is 0 Å². The largest absolute Gasteiger partial charge is 0.496 e. The standard InChI is InChI=1S/C18H25FO3/c1-4-17(20)22-12(2)18(13-7-5-6-8-13)15-10-9-14(19)11-16(15)21-3/h9-13,18H,4-8H2,1-3H3. The van der Waals surface area contributed by atoms with Crippen molar-refractivity contribution < 1.29 is 18.7 Å². The van der Waals surface area contributed by atoms with E-state index in [1.807, 2.05) is 6.92 Å². The molecule has 0 saturated heterocycles. The average molecular weight is 308 g/mol. The summed E-state index contributed by atoms with van der Waals surface area (Å²) in [5.74, 6) is 0.518. The first-order chi connectivity index (χ1) is 10.6. The fourth-order valence-electron chi connectivity index (χ4n) is 3.53. The molecule has 0 spiro atoms. The van der Waals surface area contributed by atoms with Crippen molar-refractivity contribution in [1.29, 1.82) is 0 Å². The fraction of sp³-hybridized carbons (Fsp3) is 0.611. The maximum atomic E-state index is 13.5. The number of rotatable bonds is 6. The van der Waals surface area contributed by atoms with Crippen molar-refractivity contribution in [3.05, 3.63) is 29.6 Å². The minimum atomic E-state index is -0.316. The summed E-state index contributed by atoms with van der Waals surface area (Å²) < 4.78 is 24.4. The smallest absolute Gasteiger partial charge is 0.305 e. The first-order valence-electron chi connectivity index (χ1n) is 8.09. The molecule has 1 aliphatic carbocycles. The average Bonchev–Trinajstić information content (AvgIpc) is 3.02. The van der Waals surface area contributed by atoms with Gasteiger partial charge in [-0.1, -0.05) is 25.8 Å². The third-order valence-electron chi connectivity index (χ3n) is 4.57. The molecule has 1 aromatic rings. The number of halogens is 1. The summed E-state index contributed by atoms with van der Waals surface area (Å²) in [6.45, 7) is 3.72. The highest BCUT2D eigenvalue weighted by molar-refractivity contribution is 5.69. The van der Waals surface area contributed by atoms with E-state index in [1.54, 1.807) is 20.1 Å². The molecule has 3 nitrogen and oxygen atoms in total. The van der Waals surface area contributed by atoms with E-state index in [2.05, 4.69) is 0 Å². The molecule has 2 rings (SSSR count). The lowest BCUT2D eigenvalue weighted by molar-refractivity contribution is -0.149. The van der Waals surface area contributed by atoms with Gasteiger partial charge < -0.3 is 9.47 Å². The van der Waals surface area contributed by atoms with E-state index in [1.165, 1.54) is 25.0 Å². The van der Waals surface area contributed by atoms with Gasteiger partial charge in [0.25, 0.3) is 0 Å². The first-order valence-corrected chi connectivity index (χ1v) is 8.09. The minimum Gasteiger partial charge on any atom is -0.496 e. The van der Waals surface area contributed by atoms with Gasteiger partial charge in [-0.05, 0) is 31.7 Å². The second-order valence-electron chi connectivity index (χ2n) is 6.01. The van der Waals surface area contributed by atoms with E-state index in [0.717, 1.165) is 18.4 Å². The normalized spacial score (nSPS) is 18.0. The lowest BCUT2D eigenvalue weighted by Crippen LogP contribution is -2.27. The van der Waals surface area contributed by atoms with Crippen molar-refractivity contribution in [2.75, 3.05) is 7.11 Å². The summed E-state index contributed by atoms with van der Waals surface area (Å²) in [6.07, 6.45) is 4.73. The van der Waals surface area contributed by atoms with Gasteiger partial charge in [-0.2, -0.15) is 0 Å². The Morgan fingerprint density at radius 1 is 1.36 bits per heavy atom. The third-order valence-corrected chi connectivity index (χ3v) is 4.57. The highest BCUT2D eigenvalue weighted by atomic mass is 19.1. The second-order valence-corrected chi connectivity index (χ2v) is 6.01. The van der Waals surface area contributed by atoms with Crippen LogP contribution in [0.1, 0.15) is 57.4 Å². The molecule has 0 aromatic heterocycles. The van der Waals surface area contributed by atoms with E-state index in [4.69, 9.17) is 9.47 Å². The summed E-state index contributed by atoms with van der Waals surface area (Å²) in [6, 6.07) is 4.63. The molecule has 0 radical (unpaired) electrons. The Labute approximate surface area is 131 Å². The molecular formula is C18H25FO3. The van der Waals surface area contributed by atoms with E-state index < -0.39 is 0 Å². The van der Waals surface area contributed by atoms with Gasteiger partial charge in [-0.15, -0.1) is 0 Å². The monoisotopic (exact) mass is 308 g/mol. The fourth-order valence-corrected chi connectivity index (χ4v) is 3.53. The number of methoxy groups -OCH3 is 1. The Bertz CT molecular complexity index is 509. The van der Waals surface area contributed by atoms with Gasteiger partial charge in [0.2, 0.25) is 0 Å². The first kappa shape index (κ1) is 16.8. The van der Waals surface area contributed by atoms with Crippen LogP contribution in [-0.2, 0) is 9.53 Å². The minimum absolute atomic E-state index is 0.0496. The predicted octanol–water partition coefficient (Wildman–Crippen LogP) is 4.45. The quantitative estimate of drug-likeness (QED) is 0.728. The summed E-state index contributed by atoms with van der Waals surface area (Å²) in [5.41, 5.74) is 0.937. The zero-order valence-electron chi connectivity index (χ0n) is 13.6. The summed E-state index contributed by atoms with van der Waals surface area (Å²) in [4.78, 5) is 11.7. The lowest BCUT2D eigenvalue weighted by Gasteiger charge is -2.30. The molecule has 0 bridgehead atoms. The van der Waals surface area contributed by atoms with E-state index in [0.29, 0.717) is 18.1 Å². The molecule has 0 N–H and O–H groups in total. The lowest BCUT2D eigenvalue weighted by atomic mass is 9.80. The van der Waals surface area contributed by atoms with Crippen LogP contribution in [0, 0.1) is 11.7 Å². The highest BCUT2D eigenvalue weighted by Gasteiger charge is 2.34. The third kappa shape index (κ3) is 3.79. The molecule has 1 aliphatic rings. The van der Waals surface area contributed by atoms with Crippen LogP contribution in [-0.4, -0.2) is 19.2 Å². The van der Waals surface area contributed by atoms with Crippen LogP contribution in [0.25, 0.3) is 0 Å². The summed E-state index contributed by atoms with van der Waals surface area (Å²) >= 11 is 0. The Balaban J connectivity index is 2.33. The Kier molecular flexibility index (Phi) is 5.81. The zero-order valence-corrected chi connectivity index (χ0v) is 13.6. The highest BCUT2D eigenvalue weighted by Crippen LogP contribution is 2.43. The Morgan fingerprint density at radius 3 is 2.64 bits per heavy atom. The summed E-state index contributed by atoms with van der Waals surface area (Å²) in [5, 5.41) is 0. The topological polar surface area (TPSA) is 35.5 Å². The van der Waals surface area contributed by atoms with Gasteiger partial charge in [-0.3, -0.25) is 4.79 Å². The maximum absolute atomic E-state index is 13.5. The number of esters is 1. The molecular weight excluding hydrogens is 283 g/mol. The van der Waals surface area contributed by atoms with Crippen molar-refractivity contribution >= 4 is 5.97 Å². The zero-order chi connectivity index (χ0) is 16.1. The van der Waals surface area contributed by atoms with Gasteiger partial charge >= 0.3 is 5.97 Å².